The summed E-state index contributed by atoms with van der Waals surface area (Å²) < 4.78 is 41.0. The Morgan fingerprint density at radius 1 is 0.944 bits per heavy atom. The van der Waals surface area contributed by atoms with E-state index in [4.69, 9.17) is 0 Å². The van der Waals surface area contributed by atoms with Crippen molar-refractivity contribution in [2.45, 2.75) is 25.7 Å². The lowest BCUT2D eigenvalue weighted by molar-refractivity contribution is -0.137. The fourth-order valence-electron chi connectivity index (χ4n) is 4.68. The number of carbonyl (C=O) groups is 1. The normalized spacial score (nSPS) is 13.9. The number of fused-ring (bicyclic) bond motifs is 1. The third kappa shape index (κ3) is 5.06. The van der Waals surface area contributed by atoms with Crippen molar-refractivity contribution >= 4 is 11.6 Å². The number of nitrogens with one attached hydrogen (secondary N) is 1. The van der Waals surface area contributed by atoms with Gasteiger partial charge in [-0.05, 0) is 71.1 Å². The molecule has 0 unspecified atom stereocenters. The number of amides is 1. The molecule has 2 heterocycles. The number of benzene rings is 3. The van der Waals surface area contributed by atoms with Crippen LogP contribution in [0.1, 0.15) is 32.7 Å². The van der Waals surface area contributed by atoms with E-state index < -0.39 is 11.7 Å². The van der Waals surface area contributed by atoms with Crippen molar-refractivity contribution in [1.29, 1.82) is 0 Å². The van der Waals surface area contributed by atoms with Crippen molar-refractivity contribution in [1.82, 2.24) is 9.47 Å². The van der Waals surface area contributed by atoms with Gasteiger partial charge in [-0.25, -0.2) is 0 Å². The van der Waals surface area contributed by atoms with Crippen LogP contribution in [0.4, 0.5) is 18.9 Å². The molecule has 36 heavy (non-hydrogen) atoms. The van der Waals surface area contributed by atoms with Crippen LogP contribution in [0.15, 0.2) is 85.1 Å². The SMILES string of the molecule is Cn1cccc1CN1CCc2cc(NC(=O)c3ccccc3-c3ccc(C(F)(F)F)cc3)ccc2C1. The van der Waals surface area contributed by atoms with Gasteiger partial charge in [-0.15, -0.1) is 0 Å². The molecule has 1 N–H and O–H groups in total. The third-order valence-corrected chi connectivity index (χ3v) is 6.69. The van der Waals surface area contributed by atoms with E-state index in [9.17, 15) is 18.0 Å². The summed E-state index contributed by atoms with van der Waals surface area (Å²) in [5.74, 6) is -0.299. The quantitative estimate of drug-likeness (QED) is 0.347. The maximum Gasteiger partial charge on any atom is 0.416 e. The lowest BCUT2D eigenvalue weighted by Crippen LogP contribution is -2.30. The summed E-state index contributed by atoms with van der Waals surface area (Å²) in [5, 5.41) is 2.97. The Morgan fingerprint density at radius 3 is 2.44 bits per heavy atom. The minimum Gasteiger partial charge on any atom is -0.353 e. The molecule has 0 atom stereocenters. The lowest BCUT2D eigenvalue weighted by Gasteiger charge is -2.29. The van der Waals surface area contributed by atoms with E-state index in [-0.39, 0.29) is 5.91 Å². The van der Waals surface area contributed by atoms with Crippen molar-refractivity contribution in [2.75, 3.05) is 11.9 Å². The van der Waals surface area contributed by atoms with Gasteiger partial charge in [0.2, 0.25) is 0 Å². The van der Waals surface area contributed by atoms with Crippen LogP contribution in [0.5, 0.6) is 0 Å². The molecule has 0 bridgehead atoms. The number of aromatic nitrogens is 1. The van der Waals surface area contributed by atoms with Gasteiger partial charge in [-0.3, -0.25) is 9.69 Å². The first kappa shape index (κ1) is 23.9. The van der Waals surface area contributed by atoms with E-state index in [0.717, 1.165) is 38.2 Å². The lowest BCUT2D eigenvalue weighted by atomic mass is 9.97. The molecule has 0 radical (unpaired) electrons. The van der Waals surface area contributed by atoms with Crippen LogP contribution < -0.4 is 5.32 Å². The Bertz CT molecular complexity index is 1390. The van der Waals surface area contributed by atoms with E-state index in [1.54, 1.807) is 24.3 Å². The molecule has 1 amide bonds. The summed E-state index contributed by atoms with van der Waals surface area (Å²) >= 11 is 0. The van der Waals surface area contributed by atoms with Gasteiger partial charge in [0.15, 0.2) is 0 Å². The van der Waals surface area contributed by atoms with Crippen LogP contribution in [-0.2, 0) is 32.7 Å². The van der Waals surface area contributed by atoms with Crippen LogP contribution in [0.25, 0.3) is 11.1 Å². The van der Waals surface area contributed by atoms with Gasteiger partial charge in [0.1, 0.15) is 0 Å². The van der Waals surface area contributed by atoms with Crippen molar-refractivity contribution in [3.05, 3.63) is 113 Å². The van der Waals surface area contributed by atoms with Crippen molar-refractivity contribution in [3.8, 4) is 11.1 Å². The number of rotatable bonds is 5. The summed E-state index contributed by atoms with van der Waals surface area (Å²) in [6.45, 7) is 2.68. The fourth-order valence-corrected chi connectivity index (χ4v) is 4.68. The van der Waals surface area contributed by atoms with E-state index in [1.807, 2.05) is 12.1 Å². The number of halogens is 3. The highest BCUT2D eigenvalue weighted by Crippen LogP contribution is 2.32. The fraction of sp³-hybridized carbons (Fsp3) is 0.207. The topological polar surface area (TPSA) is 37.3 Å². The van der Waals surface area contributed by atoms with Gasteiger partial charge in [0.05, 0.1) is 5.56 Å². The Kier molecular flexibility index (Phi) is 6.41. The molecule has 4 nitrogen and oxygen atoms in total. The van der Waals surface area contributed by atoms with E-state index >= 15 is 0 Å². The molecule has 0 saturated carbocycles. The summed E-state index contributed by atoms with van der Waals surface area (Å²) in [6.07, 6.45) is -1.45. The first-order chi connectivity index (χ1) is 17.3. The minimum atomic E-state index is -4.40. The summed E-state index contributed by atoms with van der Waals surface area (Å²) in [7, 11) is 2.05. The van der Waals surface area contributed by atoms with Crippen LogP contribution in [0, 0.1) is 0 Å². The zero-order valence-electron chi connectivity index (χ0n) is 19.8. The molecule has 1 aliphatic rings. The first-order valence-corrected chi connectivity index (χ1v) is 11.8. The van der Waals surface area contributed by atoms with Crippen LogP contribution >= 0.6 is 0 Å². The maximum atomic E-state index is 13.2. The van der Waals surface area contributed by atoms with Gasteiger partial charge < -0.3 is 9.88 Å². The number of hydrogen-bond donors (Lipinski definition) is 1. The first-order valence-electron chi connectivity index (χ1n) is 11.8. The number of hydrogen-bond acceptors (Lipinski definition) is 2. The molecule has 1 aliphatic heterocycles. The highest BCUT2D eigenvalue weighted by Gasteiger charge is 2.30. The molecule has 7 heteroatoms. The van der Waals surface area contributed by atoms with Gasteiger partial charge in [0.25, 0.3) is 5.91 Å². The number of aryl methyl sites for hydroxylation is 1. The van der Waals surface area contributed by atoms with E-state index in [2.05, 4.69) is 46.2 Å². The Hall–Kier alpha value is -3.84. The highest BCUT2D eigenvalue weighted by atomic mass is 19.4. The van der Waals surface area contributed by atoms with Crippen LogP contribution in [-0.4, -0.2) is 21.9 Å². The van der Waals surface area contributed by atoms with Crippen molar-refractivity contribution < 1.29 is 18.0 Å². The molecule has 0 fully saturated rings. The largest absolute Gasteiger partial charge is 0.416 e. The molecule has 184 valence electrons. The zero-order valence-corrected chi connectivity index (χ0v) is 19.8. The molecule has 1 aromatic heterocycles. The molecule has 0 saturated heterocycles. The van der Waals surface area contributed by atoms with E-state index in [1.165, 1.54) is 29.0 Å². The average Bonchev–Trinajstić information content (AvgIpc) is 3.27. The minimum absolute atomic E-state index is 0.299. The standard InChI is InChI=1S/C29H26F3N3O/c1-34-15-4-5-25(34)19-35-16-14-21-17-24(13-10-22(21)18-35)33-28(36)27-7-3-2-6-26(27)20-8-11-23(12-9-20)29(30,31)32/h2-13,15,17H,14,16,18-19H2,1H3,(H,33,36). The van der Waals surface area contributed by atoms with E-state index in [0.29, 0.717) is 22.4 Å². The van der Waals surface area contributed by atoms with Crippen LogP contribution in [0.2, 0.25) is 0 Å². The number of nitrogens with zero attached hydrogens (tertiary/aromatic N) is 2. The summed E-state index contributed by atoms with van der Waals surface area (Å²) in [6, 6.07) is 22.0. The monoisotopic (exact) mass is 489 g/mol. The van der Waals surface area contributed by atoms with Gasteiger partial charge >= 0.3 is 6.18 Å². The second-order valence-electron chi connectivity index (χ2n) is 9.13. The highest BCUT2D eigenvalue weighted by molar-refractivity contribution is 6.08. The van der Waals surface area contributed by atoms with Gasteiger partial charge in [-0.1, -0.05) is 36.4 Å². The Balaban J connectivity index is 1.31. The molecular weight excluding hydrogens is 463 g/mol. The second-order valence-corrected chi connectivity index (χ2v) is 9.13. The zero-order chi connectivity index (χ0) is 25.3. The molecule has 0 spiro atoms. The van der Waals surface area contributed by atoms with Crippen LogP contribution in [0.3, 0.4) is 0 Å². The Morgan fingerprint density at radius 2 is 1.72 bits per heavy atom. The predicted molar refractivity (Wildman–Crippen MR) is 135 cm³/mol. The second kappa shape index (κ2) is 9.66. The van der Waals surface area contributed by atoms with Crippen molar-refractivity contribution in [2.24, 2.45) is 7.05 Å². The average molecular weight is 490 g/mol. The van der Waals surface area contributed by atoms with Crippen molar-refractivity contribution in [3.63, 3.8) is 0 Å². The van der Waals surface area contributed by atoms with Gasteiger partial charge in [0, 0.05) is 49.8 Å². The molecule has 3 aromatic carbocycles. The maximum absolute atomic E-state index is 13.2. The Labute approximate surface area is 208 Å². The molecule has 0 aliphatic carbocycles. The summed E-state index contributed by atoms with van der Waals surface area (Å²) in [5.41, 5.74) is 5.26. The molecular formula is C29H26F3N3O. The third-order valence-electron chi connectivity index (χ3n) is 6.69. The summed E-state index contributed by atoms with van der Waals surface area (Å²) in [4.78, 5) is 15.6. The smallest absolute Gasteiger partial charge is 0.353 e. The number of anilines is 1. The number of carbonyl (C=O) groups excluding carboxylic acids is 1. The predicted octanol–water partition coefficient (Wildman–Crippen LogP) is 6.52. The molecule has 4 aromatic rings. The van der Waals surface area contributed by atoms with Gasteiger partial charge in [-0.2, -0.15) is 13.2 Å². The number of alkyl halides is 3. The molecule has 5 rings (SSSR count).